The second kappa shape index (κ2) is 7.21. The van der Waals surface area contributed by atoms with Crippen molar-refractivity contribution in [2.24, 2.45) is 0 Å². The van der Waals surface area contributed by atoms with Gasteiger partial charge >= 0.3 is 0 Å². The molecule has 5 nitrogen and oxygen atoms in total. The number of piperidine rings is 1. The molecule has 0 saturated carbocycles. The Balaban J connectivity index is 1.91. The molecule has 2 rings (SSSR count). The summed E-state index contributed by atoms with van der Waals surface area (Å²) in [4.78, 5) is 16.5. The average Bonchev–Trinajstić information content (AvgIpc) is 2.48. The van der Waals surface area contributed by atoms with Gasteiger partial charge in [-0.2, -0.15) is 5.26 Å². The SMILES string of the molecule is CN(C)C1CCCN(CC(=O)Nc2ccccc2C#N)C1. The Morgan fingerprint density at radius 2 is 2.24 bits per heavy atom. The van der Waals surface area contributed by atoms with Crippen LogP contribution in [0.3, 0.4) is 0 Å². The molecular weight excluding hydrogens is 264 g/mol. The Bertz CT molecular complexity index is 535. The van der Waals surface area contributed by atoms with E-state index in [2.05, 4.69) is 35.3 Å². The molecule has 1 unspecified atom stereocenters. The first-order valence-electron chi connectivity index (χ1n) is 7.28. The number of rotatable bonds is 4. The number of nitriles is 1. The number of nitrogens with one attached hydrogen (secondary N) is 1. The molecule has 0 radical (unpaired) electrons. The van der Waals surface area contributed by atoms with E-state index in [1.54, 1.807) is 18.2 Å². The summed E-state index contributed by atoms with van der Waals surface area (Å²) in [5, 5.41) is 11.9. The predicted molar refractivity (Wildman–Crippen MR) is 82.9 cm³/mol. The van der Waals surface area contributed by atoms with Crippen molar-refractivity contribution >= 4 is 11.6 Å². The van der Waals surface area contributed by atoms with Gasteiger partial charge < -0.3 is 10.2 Å². The highest BCUT2D eigenvalue weighted by molar-refractivity contribution is 5.93. The van der Waals surface area contributed by atoms with Gasteiger partial charge in [-0.15, -0.1) is 0 Å². The lowest BCUT2D eigenvalue weighted by molar-refractivity contribution is -0.117. The van der Waals surface area contributed by atoms with Crippen molar-refractivity contribution in [1.82, 2.24) is 9.80 Å². The normalized spacial score (nSPS) is 19.2. The summed E-state index contributed by atoms with van der Waals surface area (Å²) in [6.07, 6.45) is 2.30. The zero-order valence-electron chi connectivity index (χ0n) is 12.7. The molecule has 1 aliphatic rings. The van der Waals surface area contributed by atoms with Crippen LogP contribution in [0.1, 0.15) is 18.4 Å². The van der Waals surface area contributed by atoms with Gasteiger partial charge in [0.25, 0.3) is 0 Å². The first kappa shape index (κ1) is 15.5. The third-order valence-corrected chi connectivity index (χ3v) is 3.90. The summed E-state index contributed by atoms with van der Waals surface area (Å²) in [5.41, 5.74) is 1.09. The quantitative estimate of drug-likeness (QED) is 0.912. The lowest BCUT2D eigenvalue weighted by atomic mass is 10.1. The van der Waals surface area contributed by atoms with Crippen LogP contribution in [0, 0.1) is 11.3 Å². The molecule has 5 heteroatoms. The number of likely N-dealkylation sites (tertiary alicyclic amines) is 1. The maximum atomic E-state index is 12.1. The van der Waals surface area contributed by atoms with E-state index < -0.39 is 0 Å². The first-order chi connectivity index (χ1) is 10.1. The molecule has 1 saturated heterocycles. The van der Waals surface area contributed by atoms with Crippen LogP contribution in [0.5, 0.6) is 0 Å². The number of carbonyl (C=O) groups is 1. The summed E-state index contributed by atoms with van der Waals surface area (Å²) >= 11 is 0. The Labute approximate surface area is 126 Å². The van der Waals surface area contributed by atoms with Gasteiger partial charge in [-0.3, -0.25) is 9.69 Å². The highest BCUT2D eigenvalue weighted by atomic mass is 16.2. The number of hydrogen-bond donors (Lipinski definition) is 1. The van der Waals surface area contributed by atoms with Crippen LogP contribution in [0.25, 0.3) is 0 Å². The Hall–Kier alpha value is -1.90. The zero-order chi connectivity index (χ0) is 15.2. The van der Waals surface area contributed by atoms with Crippen LogP contribution in [0.15, 0.2) is 24.3 Å². The summed E-state index contributed by atoms with van der Waals surface area (Å²) in [5.74, 6) is -0.0582. The number of para-hydroxylation sites is 1. The molecule has 1 heterocycles. The van der Waals surface area contributed by atoms with Gasteiger partial charge in [-0.1, -0.05) is 12.1 Å². The van der Waals surface area contributed by atoms with Crippen LogP contribution in [0.4, 0.5) is 5.69 Å². The Morgan fingerprint density at radius 1 is 1.48 bits per heavy atom. The van der Waals surface area contributed by atoms with Gasteiger partial charge in [0.15, 0.2) is 0 Å². The van der Waals surface area contributed by atoms with E-state index in [4.69, 9.17) is 5.26 Å². The first-order valence-corrected chi connectivity index (χ1v) is 7.28. The van der Waals surface area contributed by atoms with Crippen LogP contribution >= 0.6 is 0 Å². The second-order valence-electron chi connectivity index (χ2n) is 5.70. The second-order valence-corrected chi connectivity index (χ2v) is 5.70. The maximum absolute atomic E-state index is 12.1. The van der Waals surface area contributed by atoms with Crippen LogP contribution in [-0.4, -0.2) is 55.5 Å². The highest BCUT2D eigenvalue weighted by Gasteiger charge is 2.22. The minimum Gasteiger partial charge on any atom is -0.324 e. The van der Waals surface area contributed by atoms with Crippen molar-refractivity contribution in [1.29, 1.82) is 5.26 Å². The largest absolute Gasteiger partial charge is 0.324 e. The number of amides is 1. The van der Waals surface area contributed by atoms with Gasteiger partial charge in [0.05, 0.1) is 17.8 Å². The van der Waals surface area contributed by atoms with Gasteiger partial charge in [0.1, 0.15) is 6.07 Å². The number of anilines is 1. The summed E-state index contributed by atoms with van der Waals surface area (Å²) in [6.45, 7) is 2.25. The topological polar surface area (TPSA) is 59.4 Å². The average molecular weight is 286 g/mol. The molecule has 1 atom stereocenters. The molecule has 1 aromatic carbocycles. The van der Waals surface area contributed by atoms with Gasteiger partial charge in [-0.05, 0) is 45.6 Å². The smallest absolute Gasteiger partial charge is 0.238 e. The van der Waals surface area contributed by atoms with E-state index >= 15 is 0 Å². The summed E-state index contributed by atoms with van der Waals surface area (Å²) in [6, 6.07) is 9.68. The number of benzene rings is 1. The Kier molecular flexibility index (Phi) is 5.32. The third-order valence-electron chi connectivity index (χ3n) is 3.90. The third kappa shape index (κ3) is 4.28. The zero-order valence-corrected chi connectivity index (χ0v) is 12.7. The lowest BCUT2D eigenvalue weighted by Crippen LogP contribution is -2.47. The van der Waals surface area contributed by atoms with E-state index in [0.717, 1.165) is 19.5 Å². The number of nitrogens with zero attached hydrogens (tertiary/aromatic N) is 3. The standard InChI is InChI=1S/C16H22N4O/c1-19(2)14-7-5-9-20(11-14)12-16(21)18-15-8-4-3-6-13(15)10-17/h3-4,6,8,14H,5,7,9,11-12H2,1-2H3,(H,18,21). The van der Waals surface area contributed by atoms with Crippen LogP contribution < -0.4 is 5.32 Å². The molecule has 21 heavy (non-hydrogen) atoms. The van der Waals surface area contributed by atoms with Crippen molar-refractivity contribution in [2.75, 3.05) is 39.0 Å². The molecule has 0 spiro atoms. The van der Waals surface area contributed by atoms with E-state index in [1.165, 1.54) is 6.42 Å². The molecule has 0 aliphatic carbocycles. The number of likely N-dealkylation sites (N-methyl/N-ethyl adjacent to an activating group) is 1. The van der Waals surface area contributed by atoms with Gasteiger partial charge in [0, 0.05) is 12.6 Å². The fourth-order valence-electron chi connectivity index (χ4n) is 2.68. The highest BCUT2D eigenvalue weighted by Crippen LogP contribution is 2.15. The fourth-order valence-corrected chi connectivity index (χ4v) is 2.68. The monoisotopic (exact) mass is 286 g/mol. The summed E-state index contributed by atoms with van der Waals surface area (Å²) in [7, 11) is 4.16. The molecule has 1 amide bonds. The van der Waals surface area contributed by atoms with E-state index in [1.807, 2.05) is 6.07 Å². The van der Waals surface area contributed by atoms with E-state index in [9.17, 15) is 4.79 Å². The lowest BCUT2D eigenvalue weighted by Gasteiger charge is -2.35. The molecule has 0 aromatic heterocycles. The predicted octanol–water partition coefficient (Wildman–Crippen LogP) is 1.52. The molecular formula is C16H22N4O. The van der Waals surface area contributed by atoms with Crippen LogP contribution in [-0.2, 0) is 4.79 Å². The number of carbonyl (C=O) groups excluding carboxylic acids is 1. The van der Waals surface area contributed by atoms with Crippen molar-refractivity contribution in [3.05, 3.63) is 29.8 Å². The minimum absolute atomic E-state index is 0.0582. The molecule has 112 valence electrons. The van der Waals surface area contributed by atoms with Gasteiger partial charge in [-0.25, -0.2) is 0 Å². The fraction of sp³-hybridized carbons (Fsp3) is 0.500. The minimum atomic E-state index is -0.0582. The van der Waals surface area contributed by atoms with Gasteiger partial charge in [0.2, 0.25) is 5.91 Å². The van der Waals surface area contributed by atoms with Crippen molar-refractivity contribution < 1.29 is 4.79 Å². The number of hydrogen-bond acceptors (Lipinski definition) is 4. The van der Waals surface area contributed by atoms with Crippen molar-refractivity contribution in [3.8, 4) is 6.07 Å². The van der Waals surface area contributed by atoms with Crippen LogP contribution in [0.2, 0.25) is 0 Å². The van der Waals surface area contributed by atoms with Crippen molar-refractivity contribution in [2.45, 2.75) is 18.9 Å². The molecule has 1 aromatic rings. The van der Waals surface area contributed by atoms with Crippen molar-refractivity contribution in [3.63, 3.8) is 0 Å². The Morgan fingerprint density at radius 3 is 2.95 bits per heavy atom. The molecule has 1 aliphatic heterocycles. The molecule has 1 N–H and O–H groups in total. The summed E-state index contributed by atoms with van der Waals surface area (Å²) < 4.78 is 0. The molecule has 0 bridgehead atoms. The maximum Gasteiger partial charge on any atom is 0.238 e. The molecule has 1 fully saturated rings. The van der Waals surface area contributed by atoms with E-state index in [-0.39, 0.29) is 5.91 Å². The van der Waals surface area contributed by atoms with E-state index in [0.29, 0.717) is 23.8 Å².